The number of halogens is 2. The van der Waals surface area contributed by atoms with Crippen molar-refractivity contribution in [2.24, 2.45) is 0 Å². The van der Waals surface area contributed by atoms with E-state index in [-0.39, 0.29) is 24.4 Å². The number of benzene rings is 2. The van der Waals surface area contributed by atoms with Gasteiger partial charge in [-0.25, -0.2) is 4.39 Å². The van der Waals surface area contributed by atoms with Crippen molar-refractivity contribution >= 4 is 28.9 Å². The van der Waals surface area contributed by atoms with Gasteiger partial charge in [0, 0.05) is 19.0 Å². The molecular formula is C20H17ClFN5O3. The third-order valence-electron chi connectivity index (χ3n) is 5.16. The fourth-order valence-corrected chi connectivity index (χ4v) is 3.99. The van der Waals surface area contributed by atoms with Crippen LogP contribution in [0.15, 0.2) is 36.5 Å². The van der Waals surface area contributed by atoms with Crippen molar-refractivity contribution in [3.63, 3.8) is 0 Å². The van der Waals surface area contributed by atoms with Crippen molar-refractivity contribution < 1.29 is 18.7 Å². The van der Waals surface area contributed by atoms with Gasteiger partial charge in [-0.2, -0.15) is 15.4 Å². The Kier molecular flexibility index (Phi) is 4.66. The Labute approximate surface area is 175 Å². The zero-order valence-corrected chi connectivity index (χ0v) is 16.4. The highest BCUT2D eigenvalue weighted by atomic mass is 35.5. The Morgan fingerprint density at radius 1 is 1.23 bits per heavy atom. The molecule has 0 saturated heterocycles. The molecule has 0 radical (unpaired) electrons. The zero-order chi connectivity index (χ0) is 20.7. The lowest BCUT2D eigenvalue weighted by atomic mass is 10.0. The van der Waals surface area contributed by atoms with Crippen LogP contribution in [0, 0.1) is 5.82 Å². The van der Waals surface area contributed by atoms with E-state index in [1.54, 1.807) is 18.3 Å². The summed E-state index contributed by atoms with van der Waals surface area (Å²) in [6.07, 6.45) is 2.24. The van der Waals surface area contributed by atoms with Gasteiger partial charge in [0.1, 0.15) is 29.6 Å². The number of aromatic nitrogens is 3. The van der Waals surface area contributed by atoms with Crippen LogP contribution in [0.2, 0.25) is 5.02 Å². The van der Waals surface area contributed by atoms with Crippen LogP contribution in [0.5, 0.6) is 11.5 Å². The molecule has 0 bridgehead atoms. The molecule has 2 aliphatic rings. The predicted octanol–water partition coefficient (Wildman–Crippen LogP) is 2.94. The number of H-pyrrole nitrogens is 1. The molecule has 1 aromatic heterocycles. The summed E-state index contributed by atoms with van der Waals surface area (Å²) in [6.45, 7) is 0.739. The first-order valence-corrected chi connectivity index (χ1v) is 9.74. The summed E-state index contributed by atoms with van der Waals surface area (Å²) in [5.74, 6) is 0.386. The molecule has 0 fully saturated rings. The maximum Gasteiger partial charge on any atom is 0.262 e. The average Bonchev–Trinajstić information content (AvgIpc) is 3.25. The minimum absolute atomic E-state index is 0.0369. The second kappa shape index (κ2) is 7.49. The number of carbonyl (C=O) groups is 1. The van der Waals surface area contributed by atoms with Gasteiger partial charge in [-0.15, -0.1) is 0 Å². The van der Waals surface area contributed by atoms with Gasteiger partial charge in [0.05, 0.1) is 28.6 Å². The van der Waals surface area contributed by atoms with Crippen LogP contribution >= 0.6 is 11.6 Å². The number of nitrogens with one attached hydrogen (secondary N) is 2. The topological polar surface area (TPSA) is 92.4 Å². The van der Waals surface area contributed by atoms with Gasteiger partial charge in [0.25, 0.3) is 5.91 Å². The Balaban J connectivity index is 1.51. The van der Waals surface area contributed by atoms with Gasteiger partial charge < -0.3 is 19.7 Å². The largest absolute Gasteiger partial charge is 0.489 e. The molecule has 3 aromatic rings. The fourth-order valence-electron chi connectivity index (χ4n) is 3.72. The van der Waals surface area contributed by atoms with E-state index in [4.69, 9.17) is 21.1 Å². The van der Waals surface area contributed by atoms with Crippen LogP contribution in [0.4, 0.5) is 15.8 Å². The molecule has 0 saturated carbocycles. The molecule has 2 aliphatic heterocycles. The number of nitrogens with zero attached hydrogens (tertiary/aromatic N) is 3. The van der Waals surface area contributed by atoms with E-state index in [1.807, 2.05) is 6.07 Å². The predicted molar refractivity (Wildman–Crippen MR) is 108 cm³/mol. The van der Waals surface area contributed by atoms with Gasteiger partial charge in [0.2, 0.25) is 0 Å². The first-order chi connectivity index (χ1) is 14.6. The number of anilines is 2. The molecule has 10 heteroatoms. The molecule has 2 aromatic carbocycles. The number of amides is 1. The maximum atomic E-state index is 13.7. The quantitative estimate of drug-likeness (QED) is 0.662. The Morgan fingerprint density at radius 2 is 2.13 bits per heavy atom. The number of aromatic amines is 1. The van der Waals surface area contributed by atoms with E-state index in [1.165, 1.54) is 12.1 Å². The Hall–Kier alpha value is -3.33. The standard InChI is InChI=1S/C20H17ClFN5O3/c21-19-11(1-4-16-20(19)24-18(28)10-30-16)8-27-14(6-13-7-23-26-25-13)9-29-17-5-12(22)2-3-15(17)27/h1-5,7,14H,6,8-10H2,(H,24,28)(H,23,25,26)/t14-/m0/s1. The second-order valence-corrected chi connectivity index (χ2v) is 7.50. The summed E-state index contributed by atoms with van der Waals surface area (Å²) in [7, 11) is 0. The number of carbonyl (C=O) groups excluding carboxylic acids is 1. The maximum absolute atomic E-state index is 13.7. The highest BCUT2D eigenvalue weighted by Crippen LogP contribution is 2.41. The van der Waals surface area contributed by atoms with Gasteiger partial charge in [0.15, 0.2) is 6.61 Å². The molecule has 5 rings (SSSR count). The molecule has 30 heavy (non-hydrogen) atoms. The van der Waals surface area contributed by atoms with Crippen molar-refractivity contribution in [2.45, 2.75) is 19.0 Å². The second-order valence-electron chi connectivity index (χ2n) is 7.12. The molecule has 0 aliphatic carbocycles. The molecule has 8 nitrogen and oxygen atoms in total. The number of hydrogen-bond donors (Lipinski definition) is 2. The SMILES string of the molecule is O=C1COc2ccc(CN3c4ccc(F)cc4OC[C@@H]3Cc3cn[nH]n3)c(Cl)c2N1. The van der Waals surface area contributed by atoms with Gasteiger partial charge in [-0.05, 0) is 23.8 Å². The summed E-state index contributed by atoms with van der Waals surface area (Å²) in [4.78, 5) is 13.8. The number of rotatable bonds is 4. The lowest BCUT2D eigenvalue weighted by Crippen LogP contribution is -2.44. The minimum atomic E-state index is -0.365. The van der Waals surface area contributed by atoms with E-state index in [0.717, 1.165) is 16.9 Å². The van der Waals surface area contributed by atoms with Gasteiger partial charge >= 0.3 is 0 Å². The van der Waals surface area contributed by atoms with Crippen LogP contribution in [-0.4, -0.2) is 40.6 Å². The third kappa shape index (κ3) is 3.41. The molecule has 1 atom stereocenters. The van der Waals surface area contributed by atoms with Crippen molar-refractivity contribution in [3.05, 3.63) is 58.6 Å². The zero-order valence-electron chi connectivity index (χ0n) is 15.7. The minimum Gasteiger partial charge on any atom is -0.489 e. The third-order valence-corrected chi connectivity index (χ3v) is 5.59. The van der Waals surface area contributed by atoms with Crippen LogP contribution in [0.25, 0.3) is 0 Å². The highest BCUT2D eigenvalue weighted by molar-refractivity contribution is 6.35. The van der Waals surface area contributed by atoms with Crippen molar-refractivity contribution in [1.29, 1.82) is 0 Å². The number of fused-ring (bicyclic) bond motifs is 2. The van der Waals surface area contributed by atoms with E-state index >= 15 is 0 Å². The van der Waals surface area contributed by atoms with Crippen LogP contribution in [0.1, 0.15) is 11.3 Å². The van der Waals surface area contributed by atoms with E-state index in [9.17, 15) is 9.18 Å². The van der Waals surface area contributed by atoms with E-state index in [2.05, 4.69) is 25.6 Å². The van der Waals surface area contributed by atoms with Crippen LogP contribution < -0.4 is 19.7 Å². The van der Waals surface area contributed by atoms with Crippen LogP contribution in [-0.2, 0) is 17.8 Å². The lowest BCUT2D eigenvalue weighted by Gasteiger charge is -2.39. The summed E-state index contributed by atoms with van der Waals surface area (Å²) < 4.78 is 25.0. The first-order valence-electron chi connectivity index (χ1n) is 9.36. The normalized spacial score (nSPS) is 17.5. The molecule has 1 amide bonds. The van der Waals surface area contributed by atoms with Crippen molar-refractivity contribution in [3.8, 4) is 11.5 Å². The molecule has 0 unspecified atom stereocenters. The fraction of sp³-hybridized carbons (Fsp3) is 0.250. The molecule has 0 spiro atoms. The summed E-state index contributed by atoms with van der Waals surface area (Å²) in [6, 6.07) is 8.04. The van der Waals surface area contributed by atoms with Crippen molar-refractivity contribution in [2.75, 3.05) is 23.4 Å². The molecule has 2 N–H and O–H groups in total. The Morgan fingerprint density at radius 3 is 2.97 bits per heavy atom. The van der Waals surface area contributed by atoms with Crippen LogP contribution in [0.3, 0.4) is 0 Å². The monoisotopic (exact) mass is 429 g/mol. The average molecular weight is 430 g/mol. The highest BCUT2D eigenvalue weighted by Gasteiger charge is 2.30. The first kappa shape index (κ1) is 18.7. The summed E-state index contributed by atoms with van der Waals surface area (Å²) in [5, 5.41) is 13.8. The molecule has 154 valence electrons. The van der Waals surface area contributed by atoms with Gasteiger partial charge in [-0.3, -0.25) is 4.79 Å². The number of ether oxygens (including phenoxy) is 2. The number of hydrogen-bond acceptors (Lipinski definition) is 6. The molecular weight excluding hydrogens is 413 g/mol. The van der Waals surface area contributed by atoms with Gasteiger partial charge in [-0.1, -0.05) is 17.7 Å². The van der Waals surface area contributed by atoms with E-state index in [0.29, 0.717) is 41.8 Å². The van der Waals surface area contributed by atoms with E-state index < -0.39 is 0 Å². The van der Waals surface area contributed by atoms with Crippen molar-refractivity contribution in [1.82, 2.24) is 15.4 Å². The summed E-state index contributed by atoms with van der Waals surface area (Å²) >= 11 is 6.61. The lowest BCUT2D eigenvalue weighted by molar-refractivity contribution is -0.118. The molecule has 3 heterocycles. The smallest absolute Gasteiger partial charge is 0.262 e. The summed E-state index contributed by atoms with van der Waals surface area (Å²) in [5.41, 5.74) is 2.80. The Bertz CT molecular complexity index is 1110.